The van der Waals surface area contributed by atoms with Crippen molar-refractivity contribution in [3.63, 3.8) is 0 Å². The summed E-state index contributed by atoms with van der Waals surface area (Å²) in [4.78, 5) is 25.3. The lowest BCUT2D eigenvalue weighted by atomic mass is 10.2. The molecule has 0 radical (unpaired) electrons. The van der Waals surface area contributed by atoms with Gasteiger partial charge in [0.1, 0.15) is 17.8 Å². The molecule has 0 spiro atoms. The highest BCUT2D eigenvalue weighted by Gasteiger charge is 2.23. The van der Waals surface area contributed by atoms with E-state index in [4.69, 9.17) is 0 Å². The number of benzene rings is 1. The minimum absolute atomic E-state index is 0.0187. The van der Waals surface area contributed by atoms with E-state index in [1.165, 1.54) is 17.6 Å². The molecule has 6 nitrogen and oxygen atoms in total. The number of nitrogens with one attached hydrogen (secondary N) is 1. The minimum Gasteiger partial charge on any atom is -0.370 e. The average Bonchev–Trinajstić information content (AvgIpc) is 2.68. The monoisotopic (exact) mass is 353 g/mol. The quantitative estimate of drug-likeness (QED) is 0.809. The van der Waals surface area contributed by atoms with E-state index in [0.717, 1.165) is 38.3 Å². The molecular formula is C20H27N5O. The predicted molar refractivity (Wildman–Crippen MR) is 105 cm³/mol. The molecule has 3 rings (SSSR count). The van der Waals surface area contributed by atoms with E-state index in [1.54, 1.807) is 6.07 Å². The molecule has 138 valence electrons. The first kappa shape index (κ1) is 18.2. The average molecular weight is 353 g/mol. The van der Waals surface area contributed by atoms with Gasteiger partial charge < -0.3 is 15.1 Å². The van der Waals surface area contributed by atoms with Crippen molar-refractivity contribution in [3.8, 4) is 0 Å². The minimum atomic E-state index is -0.0187. The maximum absolute atomic E-state index is 12.8. The summed E-state index contributed by atoms with van der Waals surface area (Å²) in [5.41, 5.74) is 2.94. The van der Waals surface area contributed by atoms with E-state index in [2.05, 4.69) is 58.3 Å². The number of amides is 1. The Morgan fingerprint density at radius 1 is 1.15 bits per heavy atom. The molecule has 1 aliphatic rings. The standard InChI is InChI=1S/C20H27N5O/c1-3-4-8-21-19-14-18(22-15-23-19)20(26)25-11-9-24(10-12-25)17-7-5-6-16(2)13-17/h5-7,13-15H,3-4,8-12H2,1-2H3,(H,21,22,23). The highest BCUT2D eigenvalue weighted by atomic mass is 16.2. The maximum Gasteiger partial charge on any atom is 0.272 e. The van der Waals surface area contributed by atoms with Gasteiger partial charge in [-0.1, -0.05) is 25.5 Å². The zero-order valence-electron chi connectivity index (χ0n) is 15.6. The van der Waals surface area contributed by atoms with Gasteiger partial charge in [0, 0.05) is 44.5 Å². The Bertz CT molecular complexity index is 740. The molecule has 0 bridgehead atoms. The molecule has 0 aliphatic carbocycles. The Morgan fingerprint density at radius 3 is 2.69 bits per heavy atom. The summed E-state index contributed by atoms with van der Waals surface area (Å²) in [5, 5.41) is 3.25. The van der Waals surface area contributed by atoms with Crippen LogP contribution in [0.25, 0.3) is 0 Å². The molecule has 1 N–H and O–H groups in total. The first-order valence-electron chi connectivity index (χ1n) is 9.34. The molecule has 1 amide bonds. The number of piperazine rings is 1. The molecular weight excluding hydrogens is 326 g/mol. The number of anilines is 2. The van der Waals surface area contributed by atoms with Gasteiger partial charge in [0.2, 0.25) is 0 Å². The molecule has 1 saturated heterocycles. The van der Waals surface area contributed by atoms with Gasteiger partial charge >= 0.3 is 0 Å². The SMILES string of the molecule is CCCCNc1cc(C(=O)N2CCN(c3cccc(C)c3)CC2)ncn1. The van der Waals surface area contributed by atoms with Gasteiger partial charge in [-0.05, 0) is 31.0 Å². The molecule has 6 heteroatoms. The van der Waals surface area contributed by atoms with Crippen LogP contribution in [0.1, 0.15) is 35.8 Å². The molecule has 2 heterocycles. The van der Waals surface area contributed by atoms with Crippen LogP contribution in [0.3, 0.4) is 0 Å². The number of nitrogens with zero attached hydrogens (tertiary/aromatic N) is 4. The number of rotatable bonds is 6. The molecule has 0 unspecified atom stereocenters. The van der Waals surface area contributed by atoms with Crippen molar-refractivity contribution in [2.75, 3.05) is 42.9 Å². The van der Waals surface area contributed by atoms with Gasteiger partial charge in [-0.15, -0.1) is 0 Å². The van der Waals surface area contributed by atoms with Crippen LogP contribution in [0, 0.1) is 6.92 Å². The third kappa shape index (κ3) is 4.50. The van der Waals surface area contributed by atoms with Crippen LogP contribution >= 0.6 is 0 Å². The largest absolute Gasteiger partial charge is 0.370 e. The highest BCUT2D eigenvalue weighted by molar-refractivity contribution is 5.93. The first-order valence-corrected chi connectivity index (χ1v) is 9.34. The molecule has 26 heavy (non-hydrogen) atoms. The van der Waals surface area contributed by atoms with Crippen LogP contribution in [0.15, 0.2) is 36.7 Å². The second-order valence-electron chi connectivity index (χ2n) is 6.69. The number of carbonyl (C=O) groups excluding carboxylic acids is 1. The van der Waals surface area contributed by atoms with Gasteiger partial charge in [-0.3, -0.25) is 4.79 Å². The molecule has 1 aliphatic heterocycles. The fourth-order valence-electron chi connectivity index (χ4n) is 3.12. The lowest BCUT2D eigenvalue weighted by Crippen LogP contribution is -2.49. The van der Waals surface area contributed by atoms with Crippen LogP contribution in [0.4, 0.5) is 11.5 Å². The van der Waals surface area contributed by atoms with Crippen LogP contribution in [-0.4, -0.2) is 53.5 Å². The van der Waals surface area contributed by atoms with Crippen LogP contribution < -0.4 is 10.2 Å². The van der Waals surface area contributed by atoms with Gasteiger partial charge in [-0.25, -0.2) is 9.97 Å². The van der Waals surface area contributed by atoms with Gasteiger partial charge in [0.25, 0.3) is 5.91 Å². The Labute approximate surface area is 155 Å². The second-order valence-corrected chi connectivity index (χ2v) is 6.69. The Kier molecular flexibility index (Phi) is 6.04. The topological polar surface area (TPSA) is 61.4 Å². The summed E-state index contributed by atoms with van der Waals surface area (Å²) < 4.78 is 0. The van der Waals surface area contributed by atoms with Crippen molar-refractivity contribution in [1.82, 2.24) is 14.9 Å². The number of hydrogen-bond donors (Lipinski definition) is 1. The zero-order valence-corrected chi connectivity index (χ0v) is 15.6. The van der Waals surface area contributed by atoms with E-state index in [0.29, 0.717) is 18.8 Å². The van der Waals surface area contributed by atoms with Crippen molar-refractivity contribution < 1.29 is 4.79 Å². The van der Waals surface area contributed by atoms with Crippen molar-refractivity contribution in [2.24, 2.45) is 0 Å². The van der Waals surface area contributed by atoms with Crippen molar-refractivity contribution >= 4 is 17.4 Å². The maximum atomic E-state index is 12.8. The summed E-state index contributed by atoms with van der Waals surface area (Å²) in [6, 6.07) is 10.3. The molecule has 2 aromatic rings. The molecule has 0 atom stereocenters. The number of carbonyl (C=O) groups is 1. The Morgan fingerprint density at radius 2 is 1.96 bits per heavy atom. The predicted octanol–water partition coefficient (Wildman–Crippen LogP) is 2.96. The van der Waals surface area contributed by atoms with Crippen LogP contribution in [-0.2, 0) is 0 Å². The van der Waals surface area contributed by atoms with Crippen molar-refractivity contribution in [1.29, 1.82) is 0 Å². The Balaban J connectivity index is 1.59. The van der Waals surface area contributed by atoms with Gasteiger partial charge in [-0.2, -0.15) is 0 Å². The molecule has 1 aromatic heterocycles. The van der Waals surface area contributed by atoms with Crippen LogP contribution in [0.5, 0.6) is 0 Å². The summed E-state index contributed by atoms with van der Waals surface area (Å²) >= 11 is 0. The lowest BCUT2D eigenvalue weighted by molar-refractivity contribution is 0.0740. The van der Waals surface area contributed by atoms with Crippen LogP contribution in [0.2, 0.25) is 0 Å². The molecule has 0 saturated carbocycles. The highest BCUT2D eigenvalue weighted by Crippen LogP contribution is 2.18. The number of aryl methyl sites for hydroxylation is 1. The lowest BCUT2D eigenvalue weighted by Gasteiger charge is -2.36. The van der Waals surface area contributed by atoms with E-state index >= 15 is 0 Å². The number of hydrogen-bond acceptors (Lipinski definition) is 5. The van der Waals surface area contributed by atoms with E-state index in [1.807, 2.05) is 4.90 Å². The summed E-state index contributed by atoms with van der Waals surface area (Å²) in [7, 11) is 0. The van der Waals surface area contributed by atoms with Gasteiger partial charge in [0.15, 0.2) is 0 Å². The third-order valence-corrected chi connectivity index (χ3v) is 4.66. The van der Waals surface area contributed by atoms with Crippen molar-refractivity contribution in [2.45, 2.75) is 26.7 Å². The molecule has 1 aromatic carbocycles. The smallest absolute Gasteiger partial charge is 0.272 e. The fourth-order valence-corrected chi connectivity index (χ4v) is 3.12. The van der Waals surface area contributed by atoms with E-state index < -0.39 is 0 Å². The normalized spacial score (nSPS) is 14.4. The third-order valence-electron chi connectivity index (χ3n) is 4.66. The number of unbranched alkanes of at least 4 members (excludes halogenated alkanes) is 1. The van der Waals surface area contributed by atoms with E-state index in [9.17, 15) is 4.79 Å². The fraction of sp³-hybridized carbons (Fsp3) is 0.450. The van der Waals surface area contributed by atoms with E-state index in [-0.39, 0.29) is 5.91 Å². The zero-order chi connectivity index (χ0) is 18.4. The molecule has 1 fully saturated rings. The second kappa shape index (κ2) is 8.65. The van der Waals surface area contributed by atoms with Crippen molar-refractivity contribution in [3.05, 3.63) is 47.9 Å². The van der Waals surface area contributed by atoms with Gasteiger partial charge in [0.05, 0.1) is 0 Å². The first-order chi connectivity index (χ1) is 12.7. The summed E-state index contributed by atoms with van der Waals surface area (Å²) in [6.45, 7) is 8.18. The summed E-state index contributed by atoms with van der Waals surface area (Å²) in [5.74, 6) is 0.699. The Hall–Kier alpha value is -2.63. The summed E-state index contributed by atoms with van der Waals surface area (Å²) in [6.07, 6.45) is 3.66. The number of aromatic nitrogens is 2.